The molecule has 1 aliphatic rings. The van der Waals surface area contributed by atoms with Gasteiger partial charge in [0.1, 0.15) is 13.2 Å². The van der Waals surface area contributed by atoms with E-state index in [9.17, 15) is 9.59 Å². The normalized spacial score (nSPS) is 13.8. The Morgan fingerprint density at radius 1 is 1.20 bits per heavy atom. The Bertz CT molecular complexity index is 746. The Morgan fingerprint density at radius 3 is 2.72 bits per heavy atom. The number of hydrogen-bond acceptors (Lipinski definition) is 5. The molecule has 0 radical (unpaired) electrons. The Morgan fingerprint density at radius 2 is 2.00 bits per heavy atom. The second kappa shape index (κ2) is 8.02. The van der Waals surface area contributed by atoms with Gasteiger partial charge in [-0.25, -0.2) is 0 Å². The van der Waals surface area contributed by atoms with Crippen molar-refractivity contribution < 1.29 is 19.1 Å². The molecular formula is C18H20N2O4S. The molecular weight excluding hydrogens is 340 g/mol. The predicted molar refractivity (Wildman–Crippen MR) is 94.8 cm³/mol. The summed E-state index contributed by atoms with van der Waals surface area (Å²) in [6, 6.07) is 9.14. The summed E-state index contributed by atoms with van der Waals surface area (Å²) in [7, 11) is 0. The van der Waals surface area contributed by atoms with Crippen molar-refractivity contribution in [2.45, 2.75) is 25.9 Å². The summed E-state index contributed by atoms with van der Waals surface area (Å²) in [5.41, 5.74) is 0.935. The maximum atomic E-state index is 12.3. The molecule has 1 unspecified atom stereocenters. The zero-order valence-corrected chi connectivity index (χ0v) is 14.7. The number of hydrogen-bond donors (Lipinski definition) is 2. The van der Waals surface area contributed by atoms with Crippen molar-refractivity contribution in [3.63, 3.8) is 0 Å². The van der Waals surface area contributed by atoms with Gasteiger partial charge in [-0.1, -0.05) is 12.1 Å². The molecule has 0 spiro atoms. The monoisotopic (exact) mass is 360 g/mol. The highest BCUT2D eigenvalue weighted by molar-refractivity contribution is 7.10. The maximum absolute atomic E-state index is 12.3. The fraction of sp³-hybridized carbons (Fsp3) is 0.333. The van der Waals surface area contributed by atoms with Gasteiger partial charge < -0.3 is 20.1 Å². The van der Waals surface area contributed by atoms with E-state index in [-0.39, 0.29) is 24.3 Å². The molecule has 3 rings (SSSR count). The molecule has 1 aliphatic heterocycles. The first-order valence-corrected chi connectivity index (χ1v) is 8.95. The molecule has 2 amide bonds. The number of amides is 2. The van der Waals surface area contributed by atoms with E-state index in [4.69, 9.17) is 9.47 Å². The summed E-state index contributed by atoms with van der Waals surface area (Å²) in [5.74, 6) is 1.15. The van der Waals surface area contributed by atoms with Crippen LogP contribution in [0.5, 0.6) is 11.5 Å². The zero-order chi connectivity index (χ0) is 17.6. The molecule has 25 heavy (non-hydrogen) atoms. The fourth-order valence-corrected chi connectivity index (χ4v) is 3.39. The lowest BCUT2D eigenvalue weighted by molar-refractivity contribution is -0.122. The third-order valence-corrected chi connectivity index (χ3v) is 4.74. The van der Waals surface area contributed by atoms with E-state index in [0.717, 1.165) is 16.2 Å². The van der Waals surface area contributed by atoms with Crippen LogP contribution in [0.1, 0.15) is 29.8 Å². The molecule has 1 aromatic heterocycles. The predicted octanol–water partition coefficient (Wildman–Crippen LogP) is 2.40. The highest BCUT2D eigenvalue weighted by atomic mass is 32.1. The van der Waals surface area contributed by atoms with Crippen molar-refractivity contribution in [3.8, 4) is 11.5 Å². The molecule has 1 aromatic carbocycles. The van der Waals surface area contributed by atoms with Crippen LogP contribution in [0.4, 0.5) is 0 Å². The molecule has 0 bridgehead atoms. The largest absolute Gasteiger partial charge is 0.486 e. The van der Waals surface area contributed by atoms with Crippen molar-refractivity contribution in [2.24, 2.45) is 0 Å². The number of carbonyl (C=O) groups excluding carboxylic acids is 2. The minimum Gasteiger partial charge on any atom is -0.486 e. The molecule has 0 saturated heterocycles. The molecule has 0 saturated carbocycles. The first-order chi connectivity index (χ1) is 12.1. The van der Waals surface area contributed by atoms with Crippen molar-refractivity contribution in [1.82, 2.24) is 10.6 Å². The summed E-state index contributed by atoms with van der Waals surface area (Å²) in [5, 5.41) is 7.64. The van der Waals surface area contributed by atoms with Gasteiger partial charge in [-0.15, -0.1) is 11.3 Å². The van der Waals surface area contributed by atoms with Crippen LogP contribution in [0.3, 0.4) is 0 Å². The second-order valence-electron chi connectivity index (χ2n) is 5.73. The van der Waals surface area contributed by atoms with Crippen LogP contribution in [0.15, 0.2) is 35.7 Å². The number of rotatable bonds is 6. The average Bonchev–Trinajstić information content (AvgIpc) is 3.13. The van der Waals surface area contributed by atoms with E-state index < -0.39 is 0 Å². The van der Waals surface area contributed by atoms with Crippen molar-refractivity contribution in [1.29, 1.82) is 0 Å². The lowest BCUT2D eigenvalue weighted by Crippen LogP contribution is -2.32. The zero-order valence-electron chi connectivity index (χ0n) is 13.9. The fourth-order valence-electron chi connectivity index (χ4n) is 2.61. The molecule has 2 aromatic rings. The van der Waals surface area contributed by atoms with Gasteiger partial charge in [0.05, 0.1) is 12.5 Å². The van der Waals surface area contributed by atoms with Crippen LogP contribution in [0.2, 0.25) is 0 Å². The first kappa shape index (κ1) is 17.3. The summed E-state index contributed by atoms with van der Waals surface area (Å²) in [4.78, 5) is 24.6. The van der Waals surface area contributed by atoms with E-state index in [1.54, 1.807) is 0 Å². The highest BCUT2D eigenvalue weighted by Gasteiger charge is 2.18. The number of nitrogens with one attached hydrogen (secondary N) is 2. The third kappa shape index (κ3) is 4.73. The molecule has 0 fully saturated rings. The molecule has 7 heteroatoms. The van der Waals surface area contributed by atoms with E-state index in [1.165, 1.54) is 18.3 Å². The molecule has 2 heterocycles. The number of ether oxygens (including phenoxy) is 2. The van der Waals surface area contributed by atoms with Gasteiger partial charge in [0.25, 0.3) is 0 Å². The molecule has 132 valence electrons. The standard InChI is InChI=1S/C18H20N2O4S/c1-12(21)20-14(17-3-2-8-25-17)10-18(22)19-11-13-4-5-15-16(9-13)24-7-6-23-15/h2-5,8-9,14H,6-7,10-11H2,1H3,(H,19,22)(H,20,21). The van der Waals surface area contributed by atoms with Crippen LogP contribution in [0, 0.1) is 0 Å². The molecule has 1 atom stereocenters. The van der Waals surface area contributed by atoms with Gasteiger partial charge in [-0.05, 0) is 29.1 Å². The van der Waals surface area contributed by atoms with Crippen molar-refractivity contribution in [2.75, 3.05) is 13.2 Å². The van der Waals surface area contributed by atoms with Crippen LogP contribution in [0.25, 0.3) is 0 Å². The van der Waals surface area contributed by atoms with Gasteiger partial charge >= 0.3 is 0 Å². The highest BCUT2D eigenvalue weighted by Crippen LogP contribution is 2.30. The quantitative estimate of drug-likeness (QED) is 0.829. The van der Waals surface area contributed by atoms with Gasteiger partial charge in [0.2, 0.25) is 11.8 Å². The minimum absolute atomic E-state index is 0.123. The SMILES string of the molecule is CC(=O)NC(CC(=O)NCc1ccc2c(c1)OCCO2)c1cccs1. The topological polar surface area (TPSA) is 76.7 Å². The van der Waals surface area contributed by atoms with Crippen LogP contribution < -0.4 is 20.1 Å². The van der Waals surface area contributed by atoms with E-state index in [1.807, 2.05) is 35.7 Å². The van der Waals surface area contributed by atoms with Gasteiger partial charge in [-0.2, -0.15) is 0 Å². The lowest BCUT2D eigenvalue weighted by atomic mass is 10.1. The summed E-state index contributed by atoms with van der Waals surface area (Å²) in [6.07, 6.45) is 0.199. The third-order valence-electron chi connectivity index (χ3n) is 3.75. The molecule has 0 aliphatic carbocycles. The Kier molecular flexibility index (Phi) is 5.55. The lowest BCUT2D eigenvalue weighted by Gasteiger charge is -2.19. The number of fused-ring (bicyclic) bond motifs is 1. The number of carbonyl (C=O) groups is 2. The van der Waals surface area contributed by atoms with Crippen LogP contribution in [-0.2, 0) is 16.1 Å². The molecule has 2 N–H and O–H groups in total. The number of benzene rings is 1. The summed E-state index contributed by atoms with van der Waals surface area (Å²) >= 11 is 1.52. The first-order valence-electron chi connectivity index (χ1n) is 8.07. The molecule has 6 nitrogen and oxygen atoms in total. The van der Waals surface area contributed by atoms with Gasteiger partial charge in [0, 0.05) is 18.3 Å². The summed E-state index contributed by atoms with van der Waals surface area (Å²) < 4.78 is 11.0. The van der Waals surface area contributed by atoms with Crippen molar-refractivity contribution in [3.05, 3.63) is 46.2 Å². The van der Waals surface area contributed by atoms with Gasteiger partial charge in [0.15, 0.2) is 11.5 Å². The smallest absolute Gasteiger partial charge is 0.222 e. The Labute approximate surface area is 150 Å². The van der Waals surface area contributed by atoms with E-state index in [0.29, 0.717) is 25.5 Å². The number of thiophene rings is 1. The Hall–Kier alpha value is -2.54. The van der Waals surface area contributed by atoms with Crippen molar-refractivity contribution >= 4 is 23.2 Å². The average molecular weight is 360 g/mol. The van der Waals surface area contributed by atoms with Crippen LogP contribution in [-0.4, -0.2) is 25.0 Å². The minimum atomic E-state index is -0.308. The van der Waals surface area contributed by atoms with Gasteiger partial charge in [-0.3, -0.25) is 9.59 Å². The van der Waals surface area contributed by atoms with E-state index >= 15 is 0 Å². The summed E-state index contributed by atoms with van der Waals surface area (Å²) in [6.45, 7) is 2.93. The Balaban J connectivity index is 1.57. The maximum Gasteiger partial charge on any atom is 0.222 e. The van der Waals surface area contributed by atoms with Crippen LogP contribution >= 0.6 is 11.3 Å². The van der Waals surface area contributed by atoms with E-state index in [2.05, 4.69) is 10.6 Å². The second-order valence-corrected chi connectivity index (χ2v) is 6.71.